The van der Waals surface area contributed by atoms with Crippen LogP contribution in [0.25, 0.3) is 0 Å². The van der Waals surface area contributed by atoms with E-state index >= 15 is 0 Å². The quantitative estimate of drug-likeness (QED) is 0.0169. The number of methoxy groups -OCH3 is 1. The third-order valence-electron chi connectivity index (χ3n) is 11.5. The maximum absolute atomic E-state index is 13.6. The molecule has 30 heteroatoms. The van der Waals surface area contributed by atoms with Crippen molar-refractivity contribution in [1.82, 2.24) is 14.9 Å². The molecule has 1 saturated heterocycles. The Balaban J connectivity index is 1.04. The number of phosphoric ester groups is 1. The van der Waals surface area contributed by atoms with Crippen LogP contribution in [-0.2, 0) is 45.8 Å². The average Bonchev–Trinajstić information content (AvgIpc) is 3.73. The number of carboxylic acid groups (broad SMARTS) is 1. The number of carboxylic acids is 1. The highest BCUT2D eigenvalue weighted by Crippen LogP contribution is 2.66. The molecular weight excluding hydrogens is 1100 g/mol. The summed E-state index contributed by atoms with van der Waals surface area (Å²) in [4.78, 5) is 95.9. The van der Waals surface area contributed by atoms with Crippen LogP contribution >= 0.6 is 45.1 Å². The minimum absolute atomic E-state index is 0.00939. The molecule has 7 atom stereocenters. The number of H-pyrrole nitrogens is 1. The largest absolute Gasteiger partial charge is 0.490 e. The zero-order valence-electron chi connectivity index (χ0n) is 42.1. The summed E-state index contributed by atoms with van der Waals surface area (Å²) in [5, 5.41) is 16.9. The summed E-state index contributed by atoms with van der Waals surface area (Å²) < 4.78 is 76.0. The Hall–Kier alpha value is -4.68. The number of benzene rings is 2. The van der Waals surface area contributed by atoms with Gasteiger partial charge < -0.3 is 59.0 Å². The Morgan fingerprint density at radius 2 is 1.79 bits per heavy atom. The van der Waals surface area contributed by atoms with E-state index in [1.807, 2.05) is 59.8 Å². The van der Waals surface area contributed by atoms with Crippen molar-refractivity contribution in [3.63, 3.8) is 0 Å². The van der Waals surface area contributed by atoms with Gasteiger partial charge >= 0.3 is 35.1 Å². The molecule has 25 nitrogen and oxygen atoms in total. The van der Waals surface area contributed by atoms with Gasteiger partial charge in [0.25, 0.3) is 11.5 Å². The summed E-state index contributed by atoms with van der Waals surface area (Å²) in [5.74, 6) is 4.31. The first-order valence-corrected chi connectivity index (χ1v) is 30.0. The normalized spacial score (nSPS) is 21.4. The molecule has 0 saturated carbocycles. The second-order valence-corrected chi connectivity index (χ2v) is 25.1. The molecule has 6 rings (SSSR count). The summed E-state index contributed by atoms with van der Waals surface area (Å²) in [5.41, 5.74) is 3.24. The molecule has 1 aliphatic carbocycles. The van der Waals surface area contributed by atoms with Gasteiger partial charge in [0.05, 0.1) is 24.0 Å². The van der Waals surface area contributed by atoms with Crippen LogP contribution in [0.2, 0.25) is 0 Å². The Morgan fingerprint density at radius 3 is 2.47 bits per heavy atom. The number of hydrogen-bond donors (Lipinski definition) is 8. The number of nitrogens with one attached hydrogen (secondary N) is 3. The lowest BCUT2D eigenvalue weighted by molar-refractivity contribution is -0.107. The number of allylic oxidation sites excluding steroid dienone is 3. The minimum atomic E-state index is -5.80. The van der Waals surface area contributed by atoms with Crippen molar-refractivity contribution in [3.05, 3.63) is 114 Å². The smallest absolute Gasteiger partial charge is 0.478 e. The second kappa shape index (κ2) is 25.9. The van der Waals surface area contributed by atoms with Gasteiger partial charge in [0.1, 0.15) is 48.7 Å². The predicted molar refractivity (Wildman–Crippen MR) is 280 cm³/mol. The van der Waals surface area contributed by atoms with Crippen molar-refractivity contribution >= 4 is 68.3 Å². The van der Waals surface area contributed by atoms with Gasteiger partial charge in [0.15, 0.2) is 0 Å². The van der Waals surface area contributed by atoms with E-state index in [4.69, 9.17) is 38.0 Å². The zero-order valence-corrected chi connectivity index (χ0v) is 46.4. The minimum Gasteiger partial charge on any atom is -0.478 e. The van der Waals surface area contributed by atoms with E-state index in [9.17, 15) is 47.8 Å². The number of aromatic nitrogens is 2. The van der Waals surface area contributed by atoms with Crippen molar-refractivity contribution in [2.75, 3.05) is 58.0 Å². The molecule has 1 amide bonds. The standard InChI is InChI=1S/C46H58N5O20P3S2/c1-8-47-34-18-36-32(15-26(34)3)41(33-16-27(4)35(48-9-2)19-37(33)68-36)30-13-12-28(17-31(30)44(54)55)42(52)49-23-46(5,6)76-75-25-65-14-10-11-29-21-51(45(56)50-43(29)53)40-20-38(66-24-64-7)39(69-40)22-67-73(60,61)71-74(62,63)70-72(57,58)59/h12-13,15-19,21,32,38-41,48H,8-9,14,20,22-25H2,1-7H3,(H,49,52)(H,54,55)(H,60,61)(H,62,63)(H,50,53,56)(H2,57,58,59)/b47-34-/t32?,38-,39-,40-,41?/m1/s1. The van der Waals surface area contributed by atoms with Gasteiger partial charge in [-0.05, 0) is 76.4 Å². The second-order valence-electron chi connectivity index (χ2n) is 17.7. The van der Waals surface area contributed by atoms with E-state index in [1.54, 1.807) is 12.1 Å². The summed E-state index contributed by atoms with van der Waals surface area (Å²) in [6, 6.07) is 8.71. The number of carbonyl (C=O) groups excluding carboxylic acids is 1. The van der Waals surface area contributed by atoms with Crippen LogP contribution in [0, 0.1) is 24.7 Å². The Bertz CT molecular complexity index is 3110. The number of nitrogens with zero attached hydrogens (tertiary/aromatic N) is 2. The molecule has 414 valence electrons. The fourth-order valence-electron chi connectivity index (χ4n) is 8.22. The molecule has 8 N–H and O–H groups in total. The van der Waals surface area contributed by atoms with Gasteiger partial charge in [-0.1, -0.05) is 45.6 Å². The van der Waals surface area contributed by atoms with Gasteiger partial charge in [-0.25, -0.2) is 23.3 Å². The molecule has 1 fully saturated rings. The lowest BCUT2D eigenvalue weighted by Crippen LogP contribution is -2.36. The number of anilines is 1. The molecule has 4 unspecified atom stereocenters. The van der Waals surface area contributed by atoms with Crippen LogP contribution in [0.1, 0.15) is 96.2 Å². The van der Waals surface area contributed by atoms with E-state index in [2.05, 4.69) is 47.1 Å². The fourth-order valence-corrected chi connectivity index (χ4v) is 13.4. The SMILES string of the molecule is CC/N=C1/C=C2Oc3cc(NCC)c(C)cc3C(c3ccc(C(=O)NCC(C)(C)SSCOCC#Cc4cn([C@H]5C[C@@H](OCOC)[C@@H](COP(=O)(O)OP(=O)(O)OP(=O)(O)O)O5)c(=O)[nH]c4=O)cc3C(=O)O)C2C=C1C. The van der Waals surface area contributed by atoms with E-state index in [0.717, 1.165) is 38.9 Å². The number of fused-ring (bicyclic) bond motifs is 2. The molecule has 3 heterocycles. The van der Waals surface area contributed by atoms with Gasteiger partial charge in [-0.3, -0.25) is 28.7 Å². The number of phosphoric acid groups is 3. The van der Waals surface area contributed by atoms with E-state index in [0.29, 0.717) is 30.2 Å². The summed E-state index contributed by atoms with van der Waals surface area (Å²) in [6.07, 6.45) is 1.50. The van der Waals surface area contributed by atoms with Gasteiger partial charge in [0.2, 0.25) is 0 Å². The molecule has 2 aliphatic heterocycles. The predicted octanol–water partition coefficient (Wildman–Crippen LogP) is 5.96. The van der Waals surface area contributed by atoms with Crippen LogP contribution in [0.4, 0.5) is 5.69 Å². The fraction of sp³-hybridized carbons (Fsp3) is 0.457. The molecule has 76 heavy (non-hydrogen) atoms. The third-order valence-corrected chi connectivity index (χ3v) is 18.2. The maximum atomic E-state index is 13.6. The first kappa shape index (κ1) is 60.5. The Kier molecular flexibility index (Phi) is 20.6. The molecular formula is C46H58N5O20P3S2. The van der Waals surface area contributed by atoms with Crippen molar-refractivity contribution in [1.29, 1.82) is 0 Å². The molecule has 0 spiro atoms. The monoisotopic (exact) mass is 1160 g/mol. The molecule has 3 aliphatic rings. The van der Waals surface area contributed by atoms with Gasteiger partial charge in [-0.15, -0.1) is 0 Å². The van der Waals surface area contributed by atoms with Crippen molar-refractivity contribution in [3.8, 4) is 17.6 Å². The summed E-state index contributed by atoms with van der Waals surface area (Å²) in [7, 11) is -12.9. The topological polar surface area (TPSA) is 352 Å². The highest BCUT2D eigenvalue weighted by Gasteiger charge is 2.44. The highest BCUT2D eigenvalue weighted by atomic mass is 33.1. The number of aliphatic imine (C=N–C) groups is 1. The van der Waals surface area contributed by atoms with Gasteiger partial charge in [-0.2, -0.15) is 8.62 Å². The Morgan fingerprint density at radius 1 is 1.04 bits per heavy atom. The number of aryl methyl sites for hydroxylation is 1. The molecule has 0 bridgehead atoms. The van der Waals surface area contributed by atoms with Crippen LogP contribution in [0.5, 0.6) is 5.75 Å². The first-order chi connectivity index (χ1) is 35.7. The molecule has 2 aromatic carbocycles. The van der Waals surface area contributed by atoms with Crippen LogP contribution < -0.4 is 26.6 Å². The number of aromatic amines is 1. The van der Waals surface area contributed by atoms with Gasteiger partial charge in [0, 0.05) is 84.9 Å². The van der Waals surface area contributed by atoms with E-state index in [1.165, 1.54) is 34.8 Å². The third kappa shape index (κ3) is 16.2. The van der Waals surface area contributed by atoms with Crippen LogP contribution in [-0.4, -0.2) is 121 Å². The maximum Gasteiger partial charge on any atom is 0.490 e. The lowest BCUT2D eigenvalue weighted by Gasteiger charge is -2.37. The van der Waals surface area contributed by atoms with E-state index < -0.39 is 82.3 Å². The number of aromatic carboxylic acids is 1. The number of rotatable bonds is 24. The number of carbonyl (C=O) groups is 2. The van der Waals surface area contributed by atoms with E-state index in [-0.39, 0.29) is 54.9 Å². The summed E-state index contributed by atoms with van der Waals surface area (Å²) >= 11 is 0. The molecule has 3 aromatic rings. The summed E-state index contributed by atoms with van der Waals surface area (Å²) in [6.45, 7) is 11.9. The lowest BCUT2D eigenvalue weighted by atomic mass is 9.73. The molecule has 1 aromatic heterocycles. The Labute approximate surface area is 444 Å². The number of amides is 1. The first-order valence-electron chi connectivity index (χ1n) is 23.2. The highest BCUT2D eigenvalue weighted by molar-refractivity contribution is 8.77. The van der Waals surface area contributed by atoms with Crippen LogP contribution in [0.3, 0.4) is 0 Å². The average molecular weight is 1160 g/mol. The molecule has 0 radical (unpaired) electrons. The number of ether oxygens (including phenoxy) is 5. The van der Waals surface area contributed by atoms with Crippen molar-refractivity contribution in [2.45, 2.75) is 77.1 Å². The van der Waals surface area contributed by atoms with Crippen LogP contribution in [0.15, 0.2) is 74.6 Å². The number of hydrogen-bond acceptors (Lipinski definition) is 19. The van der Waals surface area contributed by atoms with Crippen molar-refractivity contribution < 1.29 is 84.8 Å². The van der Waals surface area contributed by atoms with Crippen molar-refractivity contribution in [2.24, 2.45) is 10.9 Å². The zero-order chi connectivity index (χ0) is 55.8.